The van der Waals surface area contributed by atoms with Gasteiger partial charge in [-0.1, -0.05) is 18.2 Å². The number of rotatable bonds is 4. The molecule has 1 atom stereocenters. The van der Waals surface area contributed by atoms with E-state index in [1.54, 1.807) is 16.4 Å². The van der Waals surface area contributed by atoms with E-state index >= 15 is 0 Å². The average Bonchev–Trinajstić information content (AvgIpc) is 3.27. The summed E-state index contributed by atoms with van der Waals surface area (Å²) >= 11 is 0. The highest BCUT2D eigenvalue weighted by Gasteiger charge is 2.31. The van der Waals surface area contributed by atoms with Crippen molar-refractivity contribution in [2.75, 3.05) is 26.2 Å². The number of nitrogens with zero attached hydrogens (tertiary/aromatic N) is 3. The van der Waals surface area contributed by atoms with Gasteiger partial charge in [-0.15, -0.1) is 0 Å². The molecule has 3 aromatic rings. The summed E-state index contributed by atoms with van der Waals surface area (Å²) in [6.07, 6.45) is 3.10. The number of aryl methyl sites for hydroxylation is 2. The Hall–Kier alpha value is -2.55. The third-order valence-corrected chi connectivity index (χ3v) is 8.45. The first-order chi connectivity index (χ1) is 14.9. The van der Waals surface area contributed by atoms with E-state index in [0.29, 0.717) is 47.8 Å². The molecule has 0 saturated carbocycles. The number of nitrogens with one attached hydrogen (secondary N) is 1. The molecule has 1 aliphatic carbocycles. The van der Waals surface area contributed by atoms with Crippen LogP contribution in [-0.4, -0.2) is 53.8 Å². The first kappa shape index (κ1) is 20.4. The van der Waals surface area contributed by atoms with Crippen LogP contribution in [0.3, 0.4) is 0 Å². The normalized spacial score (nSPS) is 18.9. The number of aromatic amines is 1. The molecule has 0 amide bonds. The van der Waals surface area contributed by atoms with E-state index in [4.69, 9.17) is 0 Å². The van der Waals surface area contributed by atoms with Gasteiger partial charge in [0.15, 0.2) is 0 Å². The maximum atomic E-state index is 13.2. The van der Waals surface area contributed by atoms with Gasteiger partial charge in [0.1, 0.15) is 5.82 Å². The van der Waals surface area contributed by atoms with Crippen molar-refractivity contribution in [3.05, 3.63) is 69.8 Å². The van der Waals surface area contributed by atoms with E-state index in [9.17, 15) is 13.2 Å². The number of fused-ring (bicyclic) bond motifs is 2. The summed E-state index contributed by atoms with van der Waals surface area (Å²) in [5.74, 6) is 0.610. The molecule has 1 fully saturated rings. The second-order valence-corrected chi connectivity index (χ2v) is 10.3. The Bertz CT molecular complexity index is 1290. The van der Waals surface area contributed by atoms with E-state index in [1.165, 1.54) is 11.1 Å². The number of piperazine rings is 1. The Morgan fingerprint density at radius 3 is 2.55 bits per heavy atom. The predicted molar refractivity (Wildman–Crippen MR) is 120 cm³/mol. The Morgan fingerprint density at radius 2 is 1.74 bits per heavy atom. The Kier molecular flexibility index (Phi) is 5.16. The van der Waals surface area contributed by atoms with E-state index in [-0.39, 0.29) is 11.6 Å². The first-order valence-electron chi connectivity index (χ1n) is 10.8. The Labute approximate surface area is 181 Å². The lowest BCUT2D eigenvalue weighted by atomic mass is 10.1. The van der Waals surface area contributed by atoms with Gasteiger partial charge in [-0.3, -0.25) is 9.69 Å². The zero-order valence-corrected chi connectivity index (χ0v) is 18.4. The van der Waals surface area contributed by atoms with Crippen molar-refractivity contribution in [1.29, 1.82) is 0 Å². The van der Waals surface area contributed by atoms with Crippen LogP contribution in [0.2, 0.25) is 0 Å². The predicted octanol–water partition coefficient (Wildman–Crippen LogP) is 2.48. The molecule has 5 rings (SSSR count). The van der Waals surface area contributed by atoms with E-state index in [0.717, 1.165) is 19.3 Å². The summed E-state index contributed by atoms with van der Waals surface area (Å²) in [6.45, 7) is 4.00. The molecule has 2 aliphatic rings. The molecular formula is C23H26N4O3S. The standard InChI is InChI=1S/C23H26N4O3S/c1-16(22-24-21-8-3-2-7-20(21)23(28)25-22)26-11-13-27(14-12-26)31(29,30)19-10-9-17-5-4-6-18(17)15-19/h2-3,7-10,15-16H,4-6,11-14H2,1H3,(H,24,25,28). The van der Waals surface area contributed by atoms with E-state index in [2.05, 4.69) is 14.9 Å². The van der Waals surface area contributed by atoms with Gasteiger partial charge in [0, 0.05) is 26.2 Å². The van der Waals surface area contributed by atoms with Crippen LogP contribution in [0.15, 0.2) is 52.2 Å². The number of hydrogen-bond donors (Lipinski definition) is 1. The molecule has 1 unspecified atom stereocenters. The highest BCUT2D eigenvalue weighted by molar-refractivity contribution is 7.89. The zero-order chi connectivity index (χ0) is 21.6. The Balaban J connectivity index is 1.31. The maximum absolute atomic E-state index is 13.2. The molecule has 2 heterocycles. The fourth-order valence-electron chi connectivity index (χ4n) is 4.66. The van der Waals surface area contributed by atoms with Crippen molar-refractivity contribution in [2.24, 2.45) is 0 Å². The van der Waals surface area contributed by atoms with E-state index in [1.807, 2.05) is 37.3 Å². The highest BCUT2D eigenvalue weighted by atomic mass is 32.2. The molecule has 162 valence electrons. The van der Waals surface area contributed by atoms with Gasteiger partial charge < -0.3 is 4.98 Å². The molecule has 0 bridgehead atoms. The maximum Gasteiger partial charge on any atom is 0.258 e. The Morgan fingerprint density at radius 1 is 1.00 bits per heavy atom. The van der Waals surface area contributed by atoms with Crippen molar-refractivity contribution >= 4 is 20.9 Å². The van der Waals surface area contributed by atoms with Gasteiger partial charge in [0.2, 0.25) is 10.0 Å². The molecule has 0 spiro atoms. The molecule has 7 nitrogen and oxygen atoms in total. The van der Waals surface area contributed by atoms with Gasteiger partial charge >= 0.3 is 0 Å². The monoisotopic (exact) mass is 438 g/mol. The van der Waals surface area contributed by atoms with Crippen molar-refractivity contribution in [3.8, 4) is 0 Å². The smallest absolute Gasteiger partial charge is 0.258 e. The van der Waals surface area contributed by atoms with Gasteiger partial charge in [0.25, 0.3) is 5.56 Å². The van der Waals surface area contributed by atoms with Crippen LogP contribution in [0.4, 0.5) is 0 Å². The molecule has 1 saturated heterocycles. The van der Waals surface area contributed by atoms with Gasteiger partial charge in [-0.05, 0) is 61.6 Å². The zero-order valence-electron chi connectivity index (χ0n) is 17.5. The third-order valence-electron chi connectivity index (χ3n) is 6.56. The molecule has 1 N–H and O–H groups in total. The quantitative estimate of drug-likeness (QED) is 0.676. The number of para-hydroxylation sites is 1. The lowest BCUT2D eigenvalue weighted by Crippen LogP contribution is -2.49. The number of benzene rings is 2. The lowest BCUT2D eigenvalue weighted by molar-refractivity contribution is 0.141. The number of H-pyrrole nitrogens is 1. The first-order valence-corrected chi connectivity index (χ1v) is 12.2. The van der Waals surface area contributed by atoms with Crippen LogP contribution >= 0.6 is 0 Å². The number of hydrogen-bond acceptors (Lipinski definition) is 5. The lowest BCUT2D eigenvalue weighted by Gasteiger charge is -2.37. The molecule has 8 heteroatoms. The van der Waals surface area contributed by atoms with Crippen molar-refractivity contribution in [3.63, 3.8) is 0 Å². The van der Waals surface area contributed by atoms with Crippen LogP contribution in [0.1, 0.15) is 36.3 Å². The van der Waals surface area contributed by atoms with Crippen LogP contribution in [0, 0.1) is 0 Å². The second kappa shape index (κ2) is 7.85. The molecule has 1 aromatic heterocycles. The van der Waals surface area contributed by atoms with Gasteiger partial charge in [0.05, 0.1) is 21.8 Å². The van der Waals surface area contributed by atoms with Crippen molar-refractivity contribution in [2.45, 2.75) is 37.1 Å². The van der Waals surface area contributed by atoms with Gasteiger partial charge in [-0.25, -0.2) is 13.4 Å². The molecule has 31 heavy (non-hydrogen) atoms. The molecular weight excluding hydrogens is 412 g/mol. The minimum Gasteiger partial charge on any atom is -0.309 e. The minimum absolute atomic E-state index is 0.109. The second-order valence-electron chi connectivity index (χ2n) is 8.37. The fourth-order valence-corrected chi connectivity index (χ4v) is 6.14. The summed E-state index contributed by atoms with van der Waals surface area (Å²) in [5, 5.41) is 0.573. The van der Waals surface area contributed by atoms with Crippen LogP contribution in [0.25, 0.3) is 10.9 Å². The molecule has 0 radical (unpaired) electrons. The summed E-state index contributed by atoms with van der Waals surface area (Å²) in [7, 11) is -3.50. The van der Waals surface area contributed by atoms with E-state index < -0.39 is 10.0 Å². The topological polar surface area (TPSA) is 86.4 Å². The van der Waals surface area contributed by atoms with Crippen molar-refractivity contribution in [1.82, 2.24) is 19.2 Å². The number of aromatic nitrogens is 2. The molecule has 1 aliphatic heterocycles. The molecule has 2 aromatic carbocycles. The summed E-state index contributed by atoms with van der Waals surface area (Å²) in [5.41, 5.74) is 2.96. The highest BCUT2D eigenvalue weighted by Crippen LogP contribution is 2.27. The van der Waals surface area contributed by atoms with Crippen LogP contribution < -0.4 is 5.56 Å². The largest absolute Gasteiger partial charge is 0.309 e. The SMILES string of the molecule is CC(c1nc2ccccc2c(=O)[nH]1)N1CCN(S(=O)(=O)c2ccc3c(c2)CCC3)CC1. The summed E-state index contributed by atoms with van der Waals surface area (Å²) < 4.78 is 27.9. The van der Waals surface area contributed by atoms with Crippen molar-refractivity contribution < 1.29 is 8.42 Å². The minimum atomic E-state index is -3.50. The average molecular weight is 439 g/mol. The van der Waals surface area contributed by atoms with Gasteiger partial charge in [-0.2, -0.15) is 4.31 Å². The third kappa shape index (κ3) is 3.69. The number of sulfonamides is 1. The van der Waals surface area contributed by atoms with Crippen LogP contribution in [-0.2, 0) is 22.9 Å². The fraction of sp³-hybridized carbons (Fsp3) is 0.391. The summed E-state index contributed by atoms with van der Waals surface area (Å²) in [6, 6.07) is 12.8. The van der Waals surface area contributed by atoms with Crippen LogP contribution in [0.5, 0.6) is 0 Å². The summed E-state index contributed by atoms with van der Waals surface area (Å²) in [4.78, 5) is 22.5.